The highest BCUT2D eigenvalue weighted by Gasteiger charge is 2.14. The van der Waals surface area contributed by atoms with Crippen LogP contribution in [0.15, 0.2) is 63.7 Å². The van der Waals surface area contributed by atoms with Gasteiger partial charge in [0.05, 0.1) is 0 Å². The SMILES string of the molecule is O=C(Oc1cccc2ccccc12)c1ccc(Br)o1. The van der Waals surface area contributed by atoms with E-state index in [1.165, 1.54) is 0 Å². The van der Waals surface area contributed by atoms with Gasteiger partial charge < -0.3 is 9.15 Å². The van der Waals surface area contributed by atoms with Crippen molar-refractivity contribution in [3.05, 3.63) is 65.0 Å². The van der Waals surface area contributed by atoms with Crippen LogP contribution in [0, 0.1) is 0 Å². The van der Waals surface area contributed by atoms with Gasteiger partial charge in [-0.1, -0.05) is 36.4 Å². The van der Waals surface area contributed by atoms with Crippen molar-refractivity contribution >= 4 is 32.7 Å². The monoisotopic (exact) mass is 316 g/mol. The molecule has 0 aliphatic heterocycles. The van der Waals surface area contributed by atoms with E-state index in [1.807, 2.05) is 36.4 Å². The number of fused-ring (bicyclic) bond motifs is 1. The van der Waals surface area contributed by atoms with E-state index in [9.17, 15) is 4.79 Å². The molecule has 19 heavy (non-hydrogen) atoms. The smallest absolute Gasteiger partial charge is 0.379 e. The van der Waals surface area contributed by atoms with Crippen molar-refractivity contribution in [2.45, 2.75) is 0 Å². The number of ether oxygens (including phenoxy) is 1. The Morgan fingerprint density at radius 3 is 2.58 bits per heavy atom. The van der Waals surface area contributed by atoms with E-state index in [0.29, 0.717) is 10.4 Å². The molecule has 0 bridgehead atoms. The maximum Gasteiger partial charge on any atom is 0.379 e. The minimum Gasteiger partial charge on any atom is -0.442 e. The number of carbonyl (C=O) groups excluding carboxylic acids is 1. The quantitative estimate of drug-likeness (QED) is 0.519. The Hall–Kier alpha value is -2.07. The number of esters is 1. The number of carbonyl (C=O) groups is 1. The molecule has 0 N–H and O–H groups in total. The summed E-state index contributed by atoms with van der Waals surface area (Å²) < 4.78 is 11.0. The molecule has 94 valence electrons. The van der Waals surface area contributed by atoms with Crippen molar-refractivity contribution in [3.63, 3.8) is 0 Å². The third-order valence-electron chi connectivity index (χ3n) is 2.73. The van der Waals surface area contributed by atoms with E-state index in [4.69, 9.17) is 9.15 Å². The van der Waals surface area contributed by atoms with E-state index in [0.717, 1.165) is 10.8 Å². The van der Waals surface area contributed by atoms with Crippen LogP contribution in [0.5, 0.6) is 5.75 Å². The zero-order chi connectivity index (χ0) is 13.2. The number of halogens is 1. The average Bonchev–Trinajstić information content (AvgIpc) is 2.86. The highest BCUT2D eigenvalue weighted by atomic mass is 79.9. The van der Waals surface area contributed by atoms with E-state index < -0.39 is 5.97 Å². The molecular formula is C15H9BrO3. The molecule has 0 fully saturated rings. The summed E-state index contributed by atoms with van der Waals surface area (Å²) in [4.78, 5) is 11.9. The number of hydrogen-bond acceptors (Lipinski definition) is 3. The van der Waals surface area contributed by atoms with E-state index in [-0.39, 0.29) is 5.76 Å². The third-order valence-corrected chi connectivity index (χ3v) is 3.15. The lowest BCUT2D eigenvalue weighted by Gasteiger charge is -2.06. The van der Waals surface area contributed by atoms with Gasteiger partial charge in [0.25, 0.3) is 0 Å². The van der Waals surface area contributed by atoms with Gasteiger partial charge in [0.1, 0.15) is 5.75 Å². The molecule has 0 atom stereocenters. The summed E-state index contributed by atoms with van der Waals surface area (Å²) >= 11 is 3.15. The van der Waals surface area contributed by atoms with Crippen LogP contribution < -0.4 is 4.74 Å². The molecule has 0 radical (unpaired) electrons. The summed E-state index contributed by atoms with van der Waals surface area (Å²) in [7, 11) is 0. The Morgan fingerprint density at radius 1 is 1.00 bits per heavy atom. The zero-order valence-corrected chi connectivity index (χ0v) is 11.4. The lowest BCUT2D eigenvalue weighted by atomic mass is 10.1. The second-order valence-corrected chi connectivity index (χ2v) is 4.75. The minimum atomic E-state index is -0.512. The first kappa shape index (κ1) is 12.0. The Kier molecular flexibility index (Phi) is 3.09. The van der Waals surface area contributed by atoms with Crippen molar-refractivity contribution in [2.75, 3.05) is 0 Å². The molecule has 4 heteroatoms. The first-order valence-electron chi connectivity index (χ1n) is 5.69. The van der Waals surface area contributed by atoms with Gasteiger partial charge in [-0.3, -0.25) is 0 Å². The fraction of sp³-hybridized carbons (Fsp3) is 0. The predicted octanol–water partition coefficient (Wildman–Crippen LogP) is 4.41. The van der Waals surface area contributed by atoms with Crippen molar-refractivity contribution in [1.82, 2.24) is 0 Å². The van der Waals surface area contributed by atoms with Crippen LogP contribution in [0.3, 0.4) is 0 Å². The van der Waals surface area contributed by atoms with Crippen LogP contribution in [0.4, 0.5) is 0 Å². The minimum absolute atomic E-state index is 0.166. The molecule has 1 aromatic heterocycles. The van der Waals surface area contributed by atoms with Crippen molar-refractivity contribution in [2.24, 2.45) is 0 Å². The Morgan fingerprint density at radius 2 is 1.79 bits per heavy atom. The molecule has 0 amide bonds. The Labute approximate surface area is 117 Å². The largest absolute Gasteiger partial charge is 0.442 e. The maximum absolute atomic E-state index is 11.9. The Balaban J connectivity index is 1.95. The number of rotatable bonds is 2. The molecule has 0 unspecified atom stereocenters. The van der Waals surface area contributed by atoms with Gasteiger partial charge in [-0.2, -0.15) is 0 Å². The zero-order valence-electron chi connectivity index (χ0n) is 9.80. The molecular weight excluding hydrogens is 308 g/mol. The fourth-order valence-electron chi connectivity index (χ4n) is 1.86. The number of benzene rings is 2. The van der Waals surface area contributed by atoms with Crippen LogP contribution in [0.1, 0.15) is 10.6 Å². The van der Waals surface area contributed by atoms with Crippen LogP contribution >= 0.6 is 15.9 Å². The fourth-order valence-corrected chi connectivity index (χ4v) is 2.17. The van der Waals surface area contributed by atoms with Crippen LogP contribution in [0.25, 0.3) is 10.8 Å². The molecule has 2 aromatic carbocycles. The third kappa shape index (κ3) is 2.39. The summed E-state index contributed by atoms with van der Waals surface area (Å²) in [6.07, 6.45) is 0. The number of furan rings is 1. The summed E-state index contributed by atoms with van der Waals surface area (Å²) in [5.41, 5.74) is 0. The summed E-state index contributed by atoms with van der Waals surface area (Å²) in [6.45, 7) is 0. The lowest BCUT2D eigenvalue weighted by molar-refractivity contribution is 0.0702. The Bertz CT molecular complexity index is 740. The highest BCUT2D eigenvalue weighted by molar-refractivity contribution is 9.10. The van der Waals surface area contributed by atoms with Gasteiger partial charge >= 0.3 is 5.97 Å². The molecule has 3 aromatic rings. The summed E-state index contributed by atoms with van der Waals surface area (Å²) in [6, 6.07) is 16.5. The van der Waals surface area contributed by atoms with Gasteiger partial charge in [-0.15, -0.1) is 0 Å². The van der Waals surface area contributed by atoms with E-state index >= 15 is 0 Å². The second kappa shape index (κ2) is 4.90. The first-order valence-corrected chi connectivity index (χ1v) is 6.48. The number of hydrogen-bond donors (Lipinski definition) is 0. The summed E-state index contributed by atoms with van der Waals surface area (Å²) in [5.74, 6) is 0.178. The predicted molar refractivity (Wildman–Crippen MR) is 75.3 cm³/mol. The first-order chi connectivity index (χ1) is 9.24. The van der Waals surface area contributed by atoms with E-state index in [2.05, 4.69) is 15.9 Å². The second-order valence-electron chi connectivity index (χ2n) is 3.97. The van der Waals surface area contributed by atoms with Crippen molar-refractivity contribution in [3.8, 4) is 5.75 Å². The molecule has 0 saturated heterocycles. The summed E-state index contributed by atoms with van der Waals surface area (Å²) in [5, 5.41) is 1.91. The molecule has 0 spiro atoms. The van der Waals surface area contributed by atoms with Crippen molar-refractivity contribution < 1.29 is 13.9 Å². The molecule has 3 rings (SSSR count). The molecule has 1 heterocycles. The van der Waals surface area contributed by atoms with Gasteiger partial charge in [0.2, 0.25) is 5.76 Å². The van der Waals surface area contributed by atoms with Gasteiger partial charge in [-0.25, -0.2) is 4.79 Å². The van der Waals surface area contributed by atoms with Crippen molar-refractivity contribution in [1.29, 1.82) is 0 Å². The van der Waals surface area contributed by atoms with Crippen LogP contribution in [0.2, 0.25) is 0 Å². The molecule has 0 aliphatic rings. The standard InChI is InChI=1S/C15H9BrO3/c16-14-9-8-13(18-14)15(17)19-12-7-3-5-10-4-1-2-6-11(10)12/h1-9H. The topological polar surface area (TPSA) is 39.4 Å². The average molecular weight is 317 g/mol. The normalized spacial score (nSPS) is 10.6. The molecule has 3 nitrogen and oxygen atoms in total. The van der Waals surface area contributed by atoms with Crippen LogP contribution in [-0.4, -0.2) is 5.97 Å². The molecule has 0 aliphatic carbocycles. The lowest BCUT2D eigenvalue weighted by Crippen LogP contribution is -2.07. The van der Waals surface area contributed by atoms with Gasteiger partial charge in [0.15, 0.2) is 4.67 Å². The molecule has 0 saturated carbocycles. The maximum atomic E-state index is 11.9. The van der Waals surface area contributed by atoms with Gasteiger partial charge in [-0.05, 0) is 39.5 Å². The van der Waals surface area contributed by atoms with E-state index in [1.54, 1.807) is 18.2 Å². The van der Waals surface area contributed by atoms with Crippen LogP contribution in [-0.2, 0) is 0 Å². The highest BCUT2D eigenvalue weighted by Crippen LogP contribution is 2.26. The van der Waals surface area contributed by atoms with Gasteiger partial charge in [0, 0.05) is 5.39 Å².